The predicted octanol–water partition coefficient (Wildman–Crippen LogP) is 0.387. The molecule has 0 heterocycles. The fourth-order valence-electron chi connectivity index (χ4n) is 0.347. The second-order valence-electron chi connectivity index (χ2n) is 1.51. The normalized spacial score (nSPS) is 11.7. The van der Waals surface area contributed by atoms with Crippen molar-refractivity contribution in [3.8, 4) is 6.07 Å². The van der Waals surface area contributed by atoms with Gasteiger partial charge in [0.25, 0.3) is 0 Å². The van der Waals surface area contributed by atoms with Gasteiger partial charge in [-0.3, -0.25) is 0 Å². The first-order valence-corrected chi connectivity index (χ1v) is 2.69. The van der Waals surface area contributed by atoms with E-state index >= 15 is 0 Å². The molecule has 2 N–H and O–H groups in total. The molecule has 0 fully saturated rings. The number of ether oxygens (including phenoxy) is 1. The Hall–Kier alpha value is -1.01. The van der Waals surface area contributed by atoms with Gasteiger partial charge in [0.2, 0.25) is 0 Å². The van der Waals surface area contributed by atoms with E-state index in [9.17, 15) is 0 Å². The lowest BCUT2D eigenvalue weighted by Crippen LogP contribution is -2.21. The molecule has 0 rings (SSSR count). The molecule has 3 nitrogen and oxygen atoms in total. The highest BCUT2D eigenvalue weighted by Crippen LogP contribution is 1.95. The Balaban J connectivity index is 3.63. The fraction of sp³-hybridized carbons (Fsp3) is 0.500. The predicted molar refractivity (Wildman–Crippen MR) is 34.4 cm³/mol. The summed E-state index contributed by atoms with van der Waals surface area (Å²) in [6.07, 6.45) is 0. The summed E-state index contributed by atoms with van der Waals surface area (Å²) >= 11 is 0. The van der Waals surface area contributed by atoms with Gasteiger partial charge in [0.15, 0.2) is 6.04 Å². The Kier molecular flexibility index (Phi) is 3.49. The minimum Gasteiger partial charge on any atom is -0.496 e. The fourth-order valence-corrected chi connectivity index (χ4v) is 0.347. The molecule has 0 aromatic carbocycles. The lowest BCUT2D eigenvalue weighted by molar-refractivity contribution is 0.219. The third kappa shape index (κ3) is 2.73. The largest absolute Gasteiger partial charge is 0.496 e. The molecule has 9 heavy (non-hydrogen) atoms. The van der Waals surface area contributed by atoms with E-state index in [4.69, 9.17) is 15.7 Å². The first-order chi connectivity index (χ1) is 4.22. The van der Waals surface area contributed by atoms with E-state index in [1.54, 1.807) is 6.07 Å². The van der Waals surface area contributed by atoms with Crippen molar-refractivity contribution in [2.24, 2.45) is 5.73 Å². The maximum Gasteiger partial charge on any atom is 0.150 e. The van der Waals surface area contributed by atoms with Gasteiger partial charge in [-0.1, -0.05) is 6.58 Å². The Bertz CT molecular complexity index is 136. The third-order valence-electron chi connectivity index (χ3n) is 0.816. The van der Waals surface area contributed by atoms with Crippen molar-refractivity contribution in [3.63, 3.8) is 0 Å². The second-order valence-corrected chi connectivity index (χ2v) is 1.51. The number of rotatable bonds is 3. The van der Waals surface area contributed by atoms with Crippen LogP contribution in [0.5, 0.6) is 0 Å². The molecule has 0 amide bonds. The summed E-state index contributed by atoms with van der Waals surface area (Å²) in [4.78, 5) is 0. The summed E-state index contributed by atoms with van der Waals surface area (Å²) in [6, 6.07) is 1.11. The maximum atomic E-state index is 8.22. The molecule has 1 atom stereocenters. The van der Waals surface area contributed by atoms with Crippen LogP contribution in [0.2, 0.25) is 0 Å². The number of nitrogens with two attached hydrogens (primary N) is 1. The summed E-state index contributed by atoms with van der Waals surface area (Å²) in [5.74, 6) is 0.333. The van der Waals surface area contributed by atoms with Crippen LogP contribution in [-0.4, -0.2) is 12.6 Å². The van der Waals surface area contributed by atoms with Crippen LogP contribution in [0.1, 0.15) is 6.92 Å². The van der Waals surface area contributed by atoms with E-state index in [0.29, 0.717) is 12.4 Å². The van der Waals surface area contributed by atoms with Crippen molar-refractivity contribution in [2.45, 2.75) is 13.0 Å². The molecule has 0 bridgehead atoms. The lowest BCUT2D eigenvalue weighted by Gasteiger charge is -2.06. The number of nitriles is 1. The number of hydrogen-bond donors (Lipinski definition) is 1. The van der Waals surface area contributed by atoms with Crippen molar-refractivity contribution >= 4 is 0 Å². The maximum absolute atomic E-state index is 8.22. The highest BCUT2D eigenvalue weighted by atomic mass is 16.5. The van der Waals surface area contributed by atoms with E-state index in [1.807, 2.05) is 6.92 Å². The van der Waals surface area contributed by atoms with Gasteiger partial charge < -0.3 is 10.5 Å². The Morgan fingerprint density at radius 2 is 2.56 bits per heavy atom. The summed E-state index contributed by atoms with van der Waals surface area (Å²) in [5, 5.41) is 8.22. The van der Waals surface area contributed by atoms with Gasteiger partial charge >= 0.3 is 0 Å². The molecule has 0 saturated heterocycles. The van der Waals surface area contributed by atoms with E-state index < -0.39 is 6.04 Å². The lowest BCUT2D eigenvalue weighted by atomic mass is 10.3. The monoisotopic (exact) mass is 126 g/mol. The van der Waals surface area contributed by atoms with Crippen LogP contribution in [0.25, 0.3) is 0 Å². The molecule has 0 aliphatic heterocycles. The van der Waals surface area contributed by atoms with Gasteiger partial charge in [-0.25, -0.2) is 0 Å². The van der Waals surface area contributed by atoms with Crippen molar-refractivity contribution in [1.29, 1.82) is 5.26 Å². The Morgan fingerprint density at radius 1 is 2.00 bits per heavy atom. The smallest absolute Gasteiger partial charge is 0.150 e. The van der Waals surface area contributed by atoms with Gasteiger partial charge in [-0.05, 0) is 6.92 Å². The van der Waals surface area contributed by atoms with Crippen LogP contribution in [0.15, 0.2) is 12.3 Å². The summed E-state index contributed by atoms with van der Waals surface area (Å²) in [5.41, 5.74) is 5.22. The average Bonchev–Trinajstić information content (AvgIpc) is 1.87. The zero-order chi connectivity index (χ0) is 7.28. The van der Waals surface area contributed by atoms with Gasteiger partial charge in [0, 0.05) is 0 Å². The second kappa shape index (κ2) is 3.93. The van der Waals surface area contributed by atoms with E-state index in [0.717, 1.165) is 0 Å². The summed E-state index contributed by atoms with van der Waals surface area (Å²) < 4.78 is 4.85. The van der Waals surface area contributed by atoms with Crippen LogP contribution < -0.4 is 5.73 Å². The van der Waals surface area contributed by atoms with Gasteiger partial charge in [-0.15, -0.1) is 0 Å². The van der Waals surface area contributed by atoms with Gasteiger partial charge in [0.05, 0.1) is 12.7 Å². The van der Waals surface area contributed by atoms with Crippen LogP contribution in [0.4, 0.5) is 0 Å². The zero-order valence-electron chi connectivity index (χ0n) is 5.42. The minimum absolute atomic E-state index is 0.333. The van der Waals surface area contributed by atoms with E-state index in [-0.39, 0.29) is 0 Å². The molecule has 0 aliphatic rings. The quantitative estimate of drug-likeness (QED) is 0.556. The minimum atomic E-state index is -0.690. The van der Waals surface area contributed by atoms with E-state index in [1.165, 1.54) is 0 Å². The van der Waals surface area contributed by atoms with Crippen molar-refractivity contribution in [3.05, 3.63) is 12.3 Å². The summed E-state index contributed by atoms with van der Waals surface area (Å²) in [6.45, 7) is 5.77. The number of nitrogens with zero attached hydrogens (tertiary/aromatic N) is 1. The highest BCUT2D eigenvalue weighted by molar-refractivity contribution is 5.07. The molecule has 0 aromatic heterocycles. The molecule has 3 heteroatoms. The van der Waals surface area contributed by atoms with Crippen LogP contribution in [0, 0.1) is 11.3 Å². The number of hydrogen-bond acceptors (Lipinski definition) is 3. The molecule has 0 spiro atoms. The first kappa shape index (κ1) is 7.99. The summed E-state index contributed by atoms with van der Waals surface area (Å²) in [7, 11) is 0. The molecule has 50 valence electrons. The molecule has 0 radical (unpaired) electrons. The van der Waals surface area contributed by atoms with Crippen LogP contribution >= 0.6 is 0 Å². The van der Waals surface area contributed by atoms with Crippen LogP contribution in [-0.2, 0) is 4.74 Å². The van der Waals surface area contributed by atoms with Gasteiger partial charge in [-0.2, -0.15) is 5.26 Å². The SMILES string of the molecule is C=C(OCC)C(N)C#N. The topological polar surface area (TPSA) is 59.0 Å². The van der Waals surface area contributed by atoms with E-state index in [2.05, 4.69) is 6.58 Å². The molecule has 0 aromatic rings. The average molecular weight is 126 g/mol. The van der Waals surface area contributed by atoms with Crippen molar-refractivity contribution < 1.29 is 4.74 Å². The van der Waals surface area contributed by atoms with Crippen molar-refractivity contribution in [2.75, 3.05) is 6.61 Å². The molecular weight excluding hydrogens is 116 g/mol. The molecular formula is C6H10N2O. The van der Waals surface area contributed by atoms with Crippen molar-refractivity contribution in [1.82, 2.24) is 0 Å². The standard InChI is InChI=1S/C6H10N2O/c1-3-9-5(2)6(8)4-7/h6H,2-3,8H2,1H3. The molecule has 0 saturated carbocycles. The molecule has 0 aliphatic carbocycles. The molecule has 1 unspecified atom stereocenters. The van der Waals surface area contributed by atoms with Gasteiger partial charge in [0.1, 0.15) is 5.76 Å². The third-order valence-corrected chi connectivity index (χ3v) is 0.816. The Morgan fingerprint density at radius 3 is 2.89 bits per heavy atom. The van der Waals surface area contributed by atoms with Crippen LogP contribution in [0.3, 0.4) is 0 Å². The highest BCUT2D eigenvalue weighted by Gasteiger charge is 2.03. The zero-order valence-corrected chi connectivity index (χ0v) is 5.42. The first-order valence-electron chi connectivity index (χ1n) is 2.69. The Labute approximate surface area is 54.7 Å².